The SMILES string of the molecule is Cl.NC(CNC(=O)c1cccc(CS(N)(=O)=O)c1)C1CC1. The third-order valence-electron chi connectivity index (χ3n) is 3.28. The Morgan fingerprint density at radius 3 is 2.62 bits per heavy atom. The lowest BCUT2D eigenvalue weighted by Crippen LogP contribution is -2.38. The highest BCUT2D eigenvalue weighted by Crippen LogP contribution is 2.31. The number of sulfonamides is 1. The second-order valence-corrected chi connectivity index (χ2v) is 6.83. The number of amides is 1. The molecule has 6 nitrogen and oxygen atoms in total. The molecule has 21 heavy (non-hydrogen) atoms. The molecule has 1 aliphatic carbocycles. The van der Waals surface area contributed by atoms with E-state index in [1.54, 1.807) is 18.2 Å². The lowest BCUT2D eigenvalue weighted by atomic mass is 10.1. The average Bonchev–Trinajstić information content (AvgIpc) is 3.18. The Kier molecular flexibility index (Phi) is 6.15. The second kappa shape index (κ2) is 7.22. The smallest absolute Gasteiger partial charge is 0.251 e. The normalized spacial score (nSPS) is 15.9. The molecule has 1 amide bonds. The molecule has 0 bridgehead atoms. The summed E-state index contributed by atoms with van der Waals surface area (Å²) in [6.45, 7) is 0.433. The minimum Gasteiger partial charge on any atom is -0.350 e. The summed E-state index contributed by atoms with van der Waals surface area (Å²) in [6, 6.07) is 6.41. The molecule has 1 aromatic rings. The highest BCUT2D eigenvalue weighted by atomic mass is 35.5. The summed E-state index contributed by atoms with van der Waals surface area (Å²) in [7, 11) is -3.60. The van der Waals surface area contributed by atoms with Crippen LogP contribution in [0.2, 0.25) is 0 Å². The highest BCUT2D eigenvalue weighted by Gasteiger charge is 2.28. The maximum absolute atomic E-state index is 12.0. The fourth-order valence-electron chi connectivity index (χ4n) is 2.04. The number of hydrogen-bond acceptors (Lipinski definition) is 4. The molecule has 1 atom stereocenters. The Hall–Kier alpha value is -1.15. The van der Waals surface area contributed by atoms with Gasteiger partial charge in [0.05, 0.1) is 5.75 Å². The van der Waals surface area contributed by atoms with Crippen LogP contribution in [0.25, 0.3) is 0 Å². The number of hydrogen-bond donors (Lipinski definition) is 3. The molecule has 1 aliphatic rings. The molecule has 118 valence electrons. The van der Waals surface area contributed by atoms with E-state index in [9.17, 15) is 13.2 Å². The zero-order valence-corrected chi connectivity index (χ0v) is 13.1. The van der Waals surface area contributed by atoms with Crippen molar-refractivity contribution in [2.75, 3.05) is 6.54 Å². The van der Waals surface area contributed by atoms with Crippen molar-refractivity contribution in [2.24, 2.45) is 16.8 Å². The Morgan fingerprint density at radius 2 is 2.05 bits per heavy atom. The minimum atomic E-state index is -3.60. The van der Waals surface area contributed by atoms with Gasteiger partial charge >= 0.3 is 0 Å². The second-order valence-electron chi connectivity index (χ2n) is 5.22. The van der Waals surface area contributed by atoms with Crippen molar-refractivity contribution in [1.29, 1.82) is 0 Å². The van der Waals surface area contributed by atoms with Crippen molar-refractivity contribution in [1.82, 2.24) is 5.32 Å². The van der Waals surface area contributed by atoms with Gasteiger partial charge in [-0.1, -0.05) is 12.1 Å². The zero-order chi connectivity index (χ0) is 14.8. The van der Waals surface area contributed by atoms with E-state index in [2.05, 4.69) is 5.32 Å². The van der Waals surface area contributed by atoms with E-state index in [0.29, 0.717) is 23.6 Å². The molecule has 1 fully saturated rings. The van der Waals surface area contributed by atoms with E-state index in [-0.39, 0.29) is 30.1 Å². The largest absolute Gasteiger partial charge is 0.350 e. The van der Waals surface area contributed by atoms with Crippen molar-refractivity contribution >= 4 is 28.3 Å². The van der Waals surface area contributed by atoms with Gasteiger partial charge in [-0.25, -0.2) is 13.6 Å². The summed E-state index contributed by atoms with van der Waals surface area (Å²) in [6.07, 6.45) is 2.25. The molecule has 0 aliphatic heterocycles. The molecular formula is C13H20ClN3O3S. The summed E-state index contributed by atoms with van der Waals surface area (Å²) in [5, 5.41) is 7.75. The zero-order valence-electron chi connectivity index (χ0n) is 11.5. The van der Waals surface area contributed by atoms with Gasteiger partial charge in [0.25, 0.3) is 5.91 Å². The molecular weight excluding hydrogens is 314 g/mol. The van der Waals surface area contributed by atoms with Crippen molar-refractivity contribution in [3.63, 3.8) is 0 Å². The van der Waals surface area contributed by atoms with Gasteiger partial charge in [0.1, 0.15) is 0 Å². The number of halogens is 1. The molecule has 0 aromatic heterocycles. The topological polar surface area (TPSA) is 115 Å². The molecule has 0 spiro atoms. The van der Waals surface area contributed by atoms with Gasteiger partial charge in [-0.3, -0.25) is 4.79 Å². The summed E-state index contributed by atoms with van der Waals surface area (Å²) in [5.74, 6) is -0.0169. The first-order valence-corrected chi connectivity index (χ1v) is 8.20. The first-order chi connectivity index (χ1) is 9.35. The molecule has 8 heteroatoms. The molecule has 0 radical (unpaired) electrons. The predicted octanol–water partition coefficient (Wildman–Crippen LogP) is 0.364. The number of nitrogens with one attached hydrogen (secondary N) is 1. The van der Waals surface area contributed by atoms with Gasteiger partial charge < -0.3 is 11.1 Å². The van der Waals surface area contributed by atoms with E-state index in [1.165, 1.54) is 6.07 Å². The van der Waals surface area contributed by atoms with Gasteiger partial charge in [0, 0.05) is 18.2 Å². The number of nitrogens with two attached hydrogens (primary N) is 2. The summed E-state index contributed by atoms with van der Waals surface area (Å²) < 4.78 is 22.1. The van der Waals surface area contributed by atoms with Crippen LogP contribution in [-0.4, -0.2) is 26.9 Å². The minimum absolute atomic E-state index is 0. The van der Waals surface area contributed by atoms with Crippen molar-refractivity contribution in [3.05, 3.63) is 35.4 Å². The molecule has 1 aromatic carbocycles. The predicted molar refractivity (Wildman–Crippen MR) is 83.5 cm³/mol. The highest BCUT2D eigenvalue weighted by molar-refractivity contribution is 7.88. The monoisotopic (exact) mass is 333 g/mol. The summed E-state index contributed by atoms with van der Waals surface area (Å²) in [5.41, 5.74) is 6.81. The van der Waals surface area contributed by atoms with Crippen LogP contribution in [0.3, 0.4) is 0 Å². The van der Waals surface area contributed by atoms with Crippen molar-refractivity contribution < 1.29 is 13.2 Å². The number of rotatable bonds is 6. The van der Waals surface area contributed by atoms with E-state index in [1.807, 2.05) is 0 Å². The lowest BCUT2D eigenvalue weighted by molar-refractivity contribution is 0.0950. The van der Waals surface area contributed by atoms with Gasteiger partial charge in [-0.05, 0) is 36.5 Å². The first-order valence-electron chi connectivity index (χ1n) is 6.48. The number of carbonyl (C=O) groups is 1. The van der Waals surface area contributed by atoms with Crippen molar-refractivity contribution in [2.45, 2.75) is 24.6 Å². The number of primary sulfonamides is 1. The van der Waals surface area contributed by atoms with Crippen LogP contribution >= 0.6 is 12.4 Å². The van der Waals surface area contributed by atoms with Crippen molar-refractivity contribution in [3.8, 4) is 0 Å². The maximum Gasteiger partial charge on any atom is 0.251 e. The van der Waals surface area contributed by atoms with E-state index in [0.717, 1.165) is 12.8 Å². The summed E-state index contributed by atoms with van der Waals surface area (Å²) in [4.78, 5) is 12.0. The van der Waals surface area contributed by atoms with E-state index in [4.69, 9.17) is 10.9 Å². The van der Waals surface area contributed by atoms with Gasteiger partial charge in [-0.2, -0.15) is 0 Å². The number of carbonyl (C=O) groups excluding carboxylic acids is 1. The maximum atomic E-state index is 12.0. The van der Waals surface area contributed by atoms with Gasteiger partial charge in [0.15, 0.2) is 0 Å². The molecule has 1 saturated carbocycles. The molecule has 2 rings (SSSR count). The third kappa shape index (κ3) is 6.01. The van der Waals surface area contributed by atoms with Crippen LogP contribution in [0, 0.1) is 5.92 Å². The molecule has 0 heterocycles. The van der Waals surface area contributed by atoms with Crippen LogP contribution in [-0.2, 0) is 15.8 Å². The van der Waals surface area contributed by atoms with Gasteiger partial charge in [-0.15, -0.1) is 12.4 Å². The summed E-state index contributed by atoms with van der Waals surface area (Å²) >= 11 is 0. The average molecular weight is 334 g/mol. The van der Waals surface area contributed by atoms with Crippen LogP contribution in [0.4, 0.5) is 0 Å². The third-order valence-corrected chi connectivity index (χ3v) is 4.02. The Morgan fingerprint density at radius 1 is 1.38 bits per heavy atom. The Bertz CT molecular complexity index is 602. The quantitative estimate of drug-likeness (QED) is 0.697. The Labute approximate surface area is 130 Å². The molecule has 1 unspecified atom stereocenters. The van der Waals surface area contributed by atoms with Crippen LogP contribution < -0.4 is 16.2 Å². The first kappa shape index (κ1) is 17.9. The van der Waals surface area contributed by atoms with Crippen LogP contribution in [0.5, 0.6) is 0 Å². The fraction of sp³-hybridized carbons (Fsp3) is 0.462. The molecule has 0 saturated heterocycles. The number of benzene rings is 1. The van der Waals surface area contributed by atoms with E-state index < -0.39 is 10.0 Å². The van der Waals surface area contributed by atoms with E-state index >= 15 is 0 Å². The standard InChI is InChI=1S/C13H19N3O3S.ClH/c14-12(10-4-5-10)7-16-13(17)11-3-1-2-9(6-11)8-20(15,18)19;/h1-3,6,10,12H,4-5,7-8,14H2,(H,16,17)(H2,15,18,19);1H. The lowest BCUT2D eigenvalue weighted by Gasteiger charge is -2.12. The van der Waals surface area contributed by atoms with Crippen LogP contribution in [0.15, 0.2) is 24.3 Å². The fourth-order valence-corrected chi connectivity index (χ4v) is 2.68. The molecule has 5 N–H and O–H groups in total. The Balaban J connectivity index is 0.00000220. The van der Waals surface area contributed by atoms with Crippen LogP contribution in [0.1, 0.15) is 28.8 Å². The van der Waals surface area contributed by atoms with Gasteiger partial charge in [0.2, 0.25) is 10.0 Å².